The number of aliphatic hydroxyl groups is 7. The number of phosphoric ester groups is 1. The van der Waals surface area contributed by atoms with Crippen LogP contribution in [-0.4, -0.2) is 108 Å². The molecule has 1 aliphatic carbocycles. The van der Waals surface area contributed by atoms with Gasteiger partial charge in [0.15, 0.2) is 0 Å². The zero-order chi connectivity index (χ0) is 45.9. The van der Waals surface area contributed by atoms with Gasteiger partial charge in [-0.1, -0.05) is 185 Å². The van der Waals surface area contributed by atoms with Gasteiger partial charge in [0.1, 0.15) is 36.6 Å². The largest absolute Gasteiger partial charge is 0.472 e. The van der Waals surface area contributed by atoms with Gasteiger partial charge < -0.3 is 46.0 Å². The number of hydrogen-bond donors (Lipinski definition) is 9. The van der Waals surface area contributed by atoms with Crippen LogP contribution < -0.4 is 5.32 Å². The topological polar surface area (TPSA) is 226 Å². The molecule has 1 saturated carbocycles. The summed E-state index contributed by atoms with van der Waals surface area (Å²) < 4.78 is 22.9. The van der Waals surface area contributed by atoms with Crippen LogP contribution in [0.2, 0.25) is 0 Å². The molecule has 0 saturated heterocycles. The summed E-state index contributed by atoms with van der Waals surface area (Å²) in [7, 11) is -5.14. The van der Waals surface area contributed by atoms with Gasteiger partial charge in [-0.25, -0.2) is 4.57 Å². The normalized spacial score (nSPS) is 23.3. The van der Waals surface area contributed by atoms with Gasteiger partial charge >= 0.3 is 7.82 Å². The van der Waals surface area contributed by atoms with E-state index in [1.54, 1.807) is 6.08 Å². The number of rotatable bonds is 40. The second kappa shape index (κ2) is 37.7. The first-order valence-electron chi connectivity index (χ1n) is 24.5. The summed E-state index contributed by atoms with van der Waals surface area (Å²) in [5, 5.41) is 74.5. The van der Waals surface area contributed by atoms with Crippen molar-refractivity contribution >= 4 is 13.7 Å². The number of nitrogens with one attached hydrogen (secondary N) is 1. The molecule has 9 N–H and O–H groups in total. The lowest BCUT2D eigenvalue weighted by Crippen LogP contribution is -2.64. The van der Waals surface area contributed by atoms with Crippen LogP contribution in [0.4, 0.5) is 0 Å². The first-order chi connectivity index (χ1) is 29.8. The highest BCUT2D eigenvalue weighted by Gasteiger charge is 2.51. The van der Waals surface area contributed by atoms with Gasteiger partial charge in [-0.05, 0) is 44.9 Å². The van der Waals surface area contributed by atoms with E-state index in [0.717, 1.165) is 57.8 Å². The third kappa shape index (κ3) is 29.1. The molecule has 0 radical (unpaired) electrons. The number of allylic oxidation sites excluding steroid dienone is 5. The molecule has 8 atom stereocenters. The predicted molar refractivity (Wildman–Crippen MR) is 247 cm³/mol. The van der Waals surface area contributed by atoms with Gasteiger partial charge in [-0.2, -0.15) is 0 Å². The number of carbonyl (C=O) groups excluding carboxylic acids is 1. The fourth-order valence-electron chi connectivity index (χ4n) is 7.75. The highest BCUT2D eigenvalue weighted by atomic mass is 31.2. The van der Waals surface area contributed by atoms with Gasteiger partial charge in [-0.15, -0.1) is 0 Å². The monoisotopic (exact) mass is 904 g/mol. The molecule has 0 heterocycles. The Kier molecular flexibility index (Phi) is 35.6. The van der Waals surface area contributed by atoms with E-state index in [4.69, 9.17) is 9.05 Å². The SMILES string of the molecule is CC/C=C\C/C=C\CCCCCCCCCCCCCCC(O)CC(=O)NC(COP(=O)(O)OC1C(O)C(O)C(O)C(O)C1O)C(O)/C=C/CCCCCCCCCCCCC. The van der Waals surface area contributed by atoms with Crippen LogP contribution >= 0.6 is 7.82 Å². The second-order valence-electron chi connectivity index (χ2n) is 17.5. The third-order valence-corrected chi connectivity index (χ3v) is 12.7. The average molecular weight is 904 g/mol. The van der Waals surface area contributed by atoms with Crippen molar-refractivity contribution in [2.45, 2.75) is 255 Å². The Hall–Kier alpha value is -1.48. The molecular formula is C48H90NO12P. The van der Waals surface area contributed by atoms with Crippen molar-refractivity contribution in [2.75, 3.05) is 6.61 Å². The van der Waals surface area contributed by atoms with E-state index >= 15 is 0 Å². The molecule has 0 aromatic heterocycles. The molecule has 1 fully saturated rings. The summed E-state index contributed by atoms with van der Waals surface area (Å²) >= 11 is 0. The lowest BCUT2D eigenvalue weighted by Gasteiger charge is -2.41. The van der Waals surface area contributed by atoms with E-state index in [0.29, 0.717) is 12.8 Å². The van der Waals surface area contributed by atoms with Crippen molar-refractivity contribution in [3.63, 3.8) is 0 Å². The fourth-order valence-corrected chi connectivity index (χ4v) is 8.72. The van der Waals surface area contributed by atoms with E-state index in [1.807, 2.05) is 0 Å². The average Bonchev–Trinajstić information content (AvgIpc) is 3.24. The van der Waals surface area contributed by atoms with Gasteiger partial charge in [0.2, 0.25) is 5.91 Å². The van der Waals surface area contributed by atoms with E-state index in [1.165, 1.54) is 115 Å². The molecule has 364 valence electrons. The molecule has 0 spiro atoms. The van der Waals surface area contributed by atoms with Crippen LogP contribution in [0.5, 0.6) is 0 Å². The molecule has 62 heavy (non-hydrogen) atoms. The zero-order valence-corrected chi connectivity index (χ0v) is 39.4. The van der Waals surface area contributed by atoms with Crippen molar-refractivity contribution in [3.05, 3.63) is 36.5 Å². The van der Waals surface area contributed by atoms with Crippen molar-refractivity contribution in [3.8, 4) is 0 Å². The number of carbonyl (C=O) groups is 1. The zero-order valence-electron chi connectivity index (χ0n) is 38.5. The smallest absolute Gasteiger partial charge is 0.393 e. The number of aliphatic hydroxyl groups excluding tert-OH is 7. The molecule has 8 unspecified atom stereocenters. The molecule has 0 bridgehead atoms. The highest BCUT2D eigenvalue weighted by molar-refractivity contribution is 7.47. The van der Waals surface area contributed by atoms with Crippen LogP contribution in [0.1, 0.15) is 200 Å². The Bertz CT molecular complexity index is 1200. The Morgan fingerprint density at radius 3 is 1.53 bits per heavy atom. The molecule has 14 heteroatoms. The summed E-state index contributed by atoms with van der Waals surface area (Å²) in [4.78, 5) is 23.5. The highest BCUT2D eigenvalue weighted by Crippen LogP contribution is 2.47. The molecule has 0 aromatic carbocycles. The van der Waals surface area contributed by atoms with Gasteiger partial charge in [0.25, 0.3) is 0 Å². The van der Waals surface area contributed by atoms with Crippen molar-refractivity contribution in [1.82, 2.24) is 5.32 Å². The number of hydrogen-bond acceptors (Lipinski definition) is 11. The Morgan fingerprint density at radius 2 is 1.03 bits per heavy atom. The third-order valence-electron chi connectivity index (χ3n) is 11.7. The molecule has 0 aliphatic heterocycles. The fraction of sp³-hybridized carbons (Fsp3) is 0.854. The van der Waals surface area contributed by atoms with Crippen molar-refractivity contribution in [1.29, 1.82) is 0 Å². The lowest BCUT2D eigenvalue weighted by atomic mass is 9.85. The van der Waals surface area contributed by atoms with E-state index in [9.17, 15) is 50.0 Å². The maximum atomic E-state index is 13.0. The van der Waals surface area contributed by atoms with Crippen LogP contribution in [0.3, 0.4) is 0 Å². The van der Waals surface area contributed by atoms with Crippen LogP contribution in [-0.2, 0) is 18.4 Å². The molecular weight excluding hydrogens is 813 g/mol. The standard InChI is InChI=1S/C48H90NO12P/c1-3-5-7-9-11-13-15-17-18-19-20-21-22-24-25-27-29-31-33-35-39(50)37-42(52)49-40(41(51)36-34-32-30-28-26-23-16-14-12-10-8-6-4-2)38-60-62(58,59)61-48-46(56)44(54)43(53)45(55)47(48)57/h5,7,11,13,34,36,39-41,43-48,50-51,53-57H,3-4,6,8-10,12,14-33,35,37-38H2,1-2H3,(H,49,52)(H,58,59)/b7-5-,13-11-,36-34+. The van der Waals surface area contributed by atoms with Gasteiger partial charge in [0, 0.05) is 0 Å². The van der Waals surface area contributed by atoms with Crippen LogP contribution in [0, 0.1) is 0 Å². The summed E-state index contributed by atoms with van der Waals surface area (Å²) in [6, 6.07) is -1.24. The molecule has 13 nitrogen and oxygen atoms in total. The van der Waals surface area contributed by atoms with E-state index in [2.05, 4.69) is 43.5 Å². The first-order valence-corrected chi connectivity index (χ1v) is 26.0. The number of amides is 1. The van der Waals surface area contributed by atoms with E-state index < -0.39 is 75.2 Å². The molecule has 0 aromatic rings. The molecule has 1 aliphatic rings. The van der Waals surface area contributed by atoms with Crippen molar-refractivity contribution in [2.24, 2.45) is 0 Å². The summed E-state index contributed by atoms with van der Waals surface area (Å²) in [5.74, 6) is -0.594. The minimum Gasteiger partial charge on any atom is -0.393 e. The quantitative estimate of drug-likeness (QED) is 0.0160. The second-order valence-corrected chi connectivity index (χ2v) is 18.9. The minimum absolute atomic E-state index is 0.245. The van der Waals surface area contributed by atoms with Crippen molar-refractivity contribution < 1.29 is 59.0 Å². The van der Waals surface area contributed by atoms with Crippen LogP contribution in [0.25, 0.3) is 0 Å². The maximum Gasteiger partial charge on any atom is 0.472 e. The maximum absolute atomic E-state index is 13.0. The minimum atomic E-state index is -5.14. The summed E-state index contributed by atoms with van der Waals surface area (Å²) in [6.45, 7) is 3.64. The summed E-state index contributed by atoms with van der Waals surface area (Å²) in [5.41, 5.74) is 0. The first kappa shape index (κ1) is 58.5. The van der Waals surface area contributed by atoms with Gasteiger partial charge in [-0.3, -0.25) is 13.8 Å². The Labute approximate surface area is 375 Å². The van der Waals surface area contributed by atoms with Crippen LogP contribution in [0.15, 0.2) is 36.5 Å². The Morgan fingerprint density at radius 1 is 0.597 bits per heavy atom. The van der Waals surface area contributed by atoms with Gasteiger partial charge in [0.05, 0.1) is 31.3 Å². The molecule has 1 amide bonds. The summed E-state index contributed by atoms with van der Waals surface area (Å²) in [6.07, 6.45) is 29.5. The van der Waals surface area contributed by atoms with E-state index in [-0.39, 0.29) is 6.42 Å². The Balaban J connectivity index is 2.48. The lowest BCUT2D eigenvalue weighted by molar-refractivity contribution is -0.220. The molecule has 1 rings (SSSR count). The number of phosphoric acid groups is 1. The predicted octanol–water partition coefficient (Wildman–Crippen LogP) is 8.53. The number of unbranched alkanes of at least 4 members (excludes halogenated alkanes) is 23.